The summed E-state index contributed by atoms with van der Waals surface area (Å²) in [6, 6.07) is 9.21. The molecule has 2 aromatic carbocycles. The van der Waals surface area contributed by atoms with E-state index in [1.807, 2.05) is 19.9 Å². The van der Waals surface area contributed by atoms with Crippen LogP contribution in [0, 0.1) is 25.2 Å². The van der Waals surface area contributed by atoms with Crippen LogP contribution < -0.4 is 19.1 Å². The third-order valence-electron chi connectivity index (χ3n) is 4.13. The number of anilines is 2. The third-order valence-corrected chi connectivity index (χ3v) is 4.13. The molecule has 0 radical (unpaired) electrons. The minimum absolute atomic E-state index is 0.175. The van der Waals surface area contributed by atoms with Crippen LogP contribution in [-0.2, 0) is 4.79 Å². The molecule has 26 heavy (non-hydrogen) atoms. The normalized spacial score (nSPS) is 10.0. The summed E-state index contributed by atoms with van der Waals surface area (Å²) in [4.78, 5) is 14.0. The smallest absolute Gasteiger partial charge is 0.228 e. The summed E-state index contributed by atoms with van der Waals surface area (Å²) in [5.74, 6) is 1.19. The molecule has 2 aromatic rings. The van der Waals surface area contributed by atoms with Crippen molar-refractivity contribution in [2.45, 2.75) is 20.8 Å². The number of nitrogens with zero attached hydrogens (tertiary/aromatic N) is 2. The first-order valence-electron chi connectivity index (χ1n) is 8.00. The van der Waals surface area contributed by atoms with Crippen LogP contribution in [0.15, 0.2) is 24.3 Å². The van der Waals surface area contributed by atoms with E-state index in [-0.39, 0.29) is 5.91 Å². The molecule has 0 N–H and O–H groups in total. The van der Waals surface area contributed by atoms with Gasteiger partial charge in [0.2, 0.25) is 11.7 Å². The zero-order valence-corrected chi connectivity index (χ0v) is 15.8. The second-order valence-electron chi connectivity index (χ2n) is 5.80. The summed E-state index contributed by atoms with van der Waals surface area (Å²) >= 11 is 0. The number of hydrogen-bond donors (Lipinski definition) is 0. The summed E-state index contributed by atoms with van der Waals surface area (Å²) < 4.78 is 16.1. The molecule has 6 nitrogen and oxygen atoms in total. The predicted molar refractivity (Wildman–Crippen MR) is 99.5 cm³/mol. The van der Waals surface area contributed by atoms with Crippen LogP contribution in [0.1, 0.15) is 23.6 Å². The molecule has 0 aromatic heterocycles. The first-order chi connectivity index (χ1) is 12.4. The van der Waals surface area contributed by atoms with Gasteiger partial charge in [-0.2, -0.15) is 5.26 Å². The highest BCUT2D eigenvalue weighted by molar-refractivity contribution is 6.00. The van der Waals surface area contributed by atoms with Crippen LogP contribution in [0.4, 0.5) is 11.4 Å². The minimum Gasteiger partial charge on any atom is -0.493 e. The summed E-state index contributed by atoms with van der Waals surface area (Å²) in [5.41, 5.74) is 3.48. The number of rotatable bonds is 5. The van der Waals surface area contributed by atoms with Gasteiger partial charge in [0.25, 0.3) is 0 Å². The molecule has 0 saturated heterocycles. The fourth-order valence-corrected chi connectivity index (χ4v) is 2.85. The summed E-state index contributed by atoms with van der Waals surface area (Å²) in [7, 11) is 4.57. The van der Waals surface area contributed by atoms with Crippen LogP contribution in [0.5, 0.6) is 17.2 Å². The maximum absolute atomic E-state index is 12.5. The molecular weight excluding hydrogens is 332 g/mol. The zero-order chi connectivity index (χ0) is 19.4. The number of benzene rings is 2. The Morgan fingerprint density at radius 1 is 0.962 bits per heavy atom. The van der Waals surface area contributed by atoms with Gasteiger partial charge in [-0.15, -0.1) is 0 Å². The molecule has 0 aliphatic rings. The highest BCUT2D eigenvalue weighted by Gasteiger charge is 2.22. The Balaban J connectivity index is 2.72. The van der Waals surface area contributed by atoms with Crippen molar-refractivity contribution < 1.29 is 19.0 Å². The first-order valence-corrected chi connectivity index (χ1v) is 8.00. The Morgan fingerprint density at radius 2 is 1.54 bits per heavy atom. The molecule has 136 valence electrons. The Bertz CT molecular complexity index is 859. The molecule has 0 spiro atoms. The van der Waals surface area contributed by atoms with E-state index in [9.17, 15) is 10.1 Å². The van der Waals surface area contributed by atoms with Crippen molar-refractivity contribution >= 4 is 17.3 Å². The van der Waals surface area contributed by atoms with E-state index < -0.39 is 0 Å². The summed E-state index contributed by atoms with van der Waals surface area (Å²) in [6.45, 7) is 5.19. The zero-order valence-electron chi connectivity index (χ0n) is 15.8. The number of nitriles is 1. The molecule has 0 aliphatic heterocycles. The standard InChI is InChI=1S/C20H22N2O4/c1-12-8-17(13(2)7-15(12)11-21)22(14(3)23)16-9-18(24-4)20(26-6)19(10-16)25-5/h7-10H,1-6H3. The van der Waals surface area contributed by atoms with Crippen molar-refractivity contribution in [3.8, 4) is 23.3 Å². The first kappa shape index (κ1) is 19.1. The Labute approximate surface area is 153 Å². The van der Waals surface area contributed by atoms with Gasteiger partial charge in [-0.05, 0) is 37.1 Å². The lowest BCUT2D eigenvalue weighted by atomic mass is 10.0. The fraction of sp³-hybridized carbons (Fsp3) is 0.300. The van der Waals surface area contributed by atoms with Crippen molar-refractivity contribution in [2.24, 2.45) is 0 Å². The maximum Gasteiger partial charge on any atom is 0.228 e. The van der Waals surface area contributed by atoms with E-state index >= 15 is 0 Å². The van der Waals surface area contributed by atoms with Gasteiger partial charge in [0.15, 0.2) is 11.5 Å². The molecule has 0 bridgehead atoms. The minimum atomic E-state index is -0.175. The van der Waals surface area contributed by atoms with Gasteiger partial charge >= 0.3 is 0 Å². The van der Waals surface area contributed by atoms with Crippen LogP contribution >= 0.6 is 0 Å². The lowest BCUT2D eigenvalue weighted by molar-refractivity contribution is -0.115. The molecule has 0 heterocycles. The molecule has 2 rings (SSSR count). The van der Waals surface area contributed by atoms with Crippen molar-refractivity contribution in [3.05, 3.63) is 41.0 Å². The van der Waals surface area contributed by atoms with Crippen LogP contribution in [0.25, 0.3) is 0 Å². The van der Waals surface area contributed by atoms with E-state index in [0.717, 1.165) is 11.1 Å². The van der Waals surface area contributed by atoms with Crippen molar-refractivity contribution in [2.75, 3.05) is 26.2 Å². The molecule has 6 heteroatoms. The highest BCUT2D eigenvalue weighted by Crippen LogP contribution is 2.43. The number of aryl methyl sites for hydroxylation is 2. The van der Waals surface area contributed by atoms with E-state index in [0.29, 0.717) is 34.2 Å². The van der Waals surface area contributed by atoms with Gasteiger partial charge in [0.05, 0.1) is 44.3 Å². The average molecular weight is 354 g/mol. The van der Waals surface area contributed by atoms with Crippen molar-refractivity contribution in [3.63, 3.8) is 0 Å². The molecule has 0 fully saturated rings. The number of ether oxygens (including phenoxy) is 3. The van der Waals surface area contributed by atoms with Gasteiger partial charge < -0.3 is 14.2 Å². The number of hydrogen-bond acceptors (Lipinski definition) is 5. The predicted octanol–water partition coefficient (Wildman–Crippen LogP) is 3.89. The second-order valence-corrected chi connectivity index (χ2v) is 5.80. The number of amides is 1. The average Bonchev–Trinajstić information content (AvgIpc) is 2.63. The molecule has 0 atom stereocenters. The quantitative estimate of drug-likeness (QED) is 0.815. The fourth-order valence-electron chi connectivity index (χ4n) is 2.85. The van der Waals surface area contributed by atoms with Crippen molar-refractivity contribution in [1.82, 2.24) is 0 Å². The number of methoxy groups -OCH3 is 3. The van der Waals surface area contributed by atoms with E-state index in [1.54, 1.807) is 23.1 Å². The molecule has 0 unspecified atom stereocenters. The van der Waals surface area contributed by atoms with E-state index in [4.69, 9.17) is 14.2 Å². The lowest BCUT2D eigenvalue weighted by Gasteiger charge is -2.25. The Kier molecular flexibility index (Phi) is 5.73. The largest absolute Gasteiger partial charge is 0.493 e. The van der Waals surface area contributed by atoms with E-state index in [1.165, 1.54) is 28.3 Å². The number of carbonyl (C=O) groups excluding carboxylic acids is 1. The van der Waals surface area contributed by atoms with Crippen molar-refractivity contribution in [1.29, 1.82) is 5.26 Å². The van der Waals surface area contributed by atoms with E-state index in [2.05, 4.69) is 6.07 Å². The van der Waals surface area contributed by atoms with Crippen LogP contribution in [0.2, 0.25) is 0 Å². The highest BCUT2D eigenvalue weighted by atomic mass is 16.5. The topological polar surface area (TPSA) is 71.8 Å². The SMILES string of the molecule is COc1cc(N(C(C)=O)c2cc(C)c(C#N)cc2C)cc(OC)c1OC. The Hall–Kier alpha value is -3.20. The van der Waals surface area contributed by atoms with Crippen LogP contribution in [-0.4, -0.2) is 27.2 Å². The summed E-state index contributed by atoms with van der Waals surface area (Å²) in [5, 5.41) is 9.22. The van der Waals surface area contributed by atoms with Gasteiger partial charge in [0, 0.05) is 19.1 Å². The third kappa shape index (κ3) is 3.42. The number of carbonyl (C=O) groups is 1. The lowest BCUT2D eigenvalue weighted by Crippen LogP contribution is -2.24. The molecule has 0 saturated carbocycles. The molecular formula is C20H22N2O4. The van der Waals surface area contributed by atoms with Crippen LogP contribution in [0.3, 0.4) is 0 Å². The second kappa shape index (κ2) is 7.79. The Morgan fingerprint density at radius 3 is 1.96 bits per heavy atom. The van der Waals surface area contributed by atoms with Gasteiger partial charge in [-0.25, -0.2) is 0 Å². The molecule has 1 amide bonds. The van der Waals surface area contributed by atoms with Gasteiger partial charge in [0.1, 0.15) is 0 Å². The maximum atomic E-state index is 12.5. The summed E-state index contributed by atoms with van der Waals surface area (Å²) in [6.07, 6.45) is 0. The monoisotopic (exact) mass is 354 g/mol. The molecule has 0 aliphatic carbocycles. The van der Waals surface area contributed by atoms with Gasteiger partial charge in [-0.1, -0.05) is 0 Å². The van der Waals surface area contributed by atoms with Gasteiger partial charge in [-0.3, -0.25) is 9.69 Å².